The monoisotopic (exact) mass is 797 g/mol. The Morgan fingerprint density at radius 1 is 0.250 bits per heavy atom. The lowest BCUT2D eigenvalue weighted by molar-refractivity contribution is -0.159. The Kier molecular flexibility index (Phi) is 56.9. The molecule has 0 rings (SSSR count). The highest BCUT2D eigenvalue weighted by molar-refractivity contribution is 6.27. The van der Waals surface area contributed by atoms with E-state index in [4.69, 9.17) is 19.8 Å². The summed E-state index contributed by atoms with van der Waals surface area (Å²) in [5.74, 6) is -3.65. The zero-order chi connectivity index (χ0) is 42.0. The molecule has 2 N–H and O–H groups in total. The van der Waals surface area contributed by atoms with Crippen molar-refractivity contribution < 1.29 is 19.8 Å². The standard InChI is InChI=1S/2C24H51N.C2H2O4/c2*1-4-7-10-13-16-19-22-25(23-20-17-14-11-8-5-2)24-21-18-15-12-9-6-3;3-1(4)2(5)6/h2*4-24H2,1-3H3;(H,3,4)(H,5,6). The normalized spacial score (nSPS) is 11.1. The SMILES string of the molecule is CCCCCCCCN(CCCCCCCC)CCCCCCCC.CCCCCCCCN(CCCCCCCC)CCCCCCCC.O=C(O)C(=O)O. The highest BCUT2D eigenvalue weighted by atomic mass is 16.4. The molecule has 0 radical (unpaired) electrons. The average molecular weight is 797 g/mol. The summed E-state index contributed by atoms with van der Waals surface area (Å²) in [4.78, 5) is 23.8. The number of nitrogens with zero attached hydrogens (tertiary/aromatic N) is 2. The average Bonchev–Trinajstić information content (AvgIpc) is 3.19. The summed E-state index contributed by atoms with van der Waals surface area (Å²) < 4.78 is 0. The van der Waals surface area contributed by atoms with Crippen LogP contribution in [0, 0.1) is 0 Å². The Morgan fingerprint density at radius 2 is 0.375 bits per heavy atom. The van der Waals surface area contributed by atoms with Crippen molar-refractivity contribution in [3.63, 3.8) is 0 Å². The molecule has 0 aromatic carbocycles. The zero-order valence-corrected chi connectivity index (χ0v) is 39.3. The number of carboxylic acid groups (broad SMARTS) is 2. The summed E-state index contributed by atoms with van der Waals surface area (Å²) in [6.45, 7) is 22.0. The first-order valence-electron chi connectivity index (χ1n) is 25.2. The van der Waals surface area contributed by atoms with E-state index >= 15 is 0 Å². The summed E-state index contributed by atoms with van der Waals surface area (Å²) in [5.41, 5.74) is 0. The molecule has 338 valence electrons. The number of rotatable bonds is 42. The molecular weight excluding hydrogens is 693 g/mol. The molecule has 0 unspecified atom stereocenters. The Labute approximate surface area is 352 Å². The Bertz CT molecular complexity index is 598. The molecule has 0 aliphatic heterocycles. The maximum Gasteiger partial charge on any atom is 0.414 e. The van der Waals surface area contributed by atoms with Crippen molar-refractivity contribution in [3.05, 3.63) is 0 Å². The molecule has 0 spiro atoms. The van der Waals surface area contributed by atoms with Gasteiger partial charge in [0, 0.05) is 0 Å². The van der Waals surface area contributed by atoms with Gasteiger partial charge in [-0.2, -0.15) is 0 Å². The quantitative estimate of drug-likeness (QED) is 0.0473. The lowest BCUT2D eigenvalue weighted by Gasteiger charge is -2.22. The van der Waals surface area contributed by atoms with Gasteiger partial charge in [0.2, 0.25) is 0 Å². The maximum absolute atomic E-state index is 9.10. The molecule has 6 nitrogen and oxygen atoms in total. The largest absolute Gasteiger partial charge is 0.473 e. The van der Waals surface area contributed by atoms with Crippen LogP contribution in [-0.4, -0.2) is 71.2 Å². The molecule has 0 fully saturated rings. The van der Waals surface area contributed by atoms with Gasteiger partial charge in [0.05, 0.1) is 0 Å². The van der Waals surface area contributed by atoms with Gasteiger partial charge in [0.25, 0.3) is 0 Å². The van der Waals surface area contributed by atoms with E-state index in [1.165, 1.54) is 270 Å². The molecule has 0 heterocycles. The highest BCUT2D eigenvalue weighted by Gasteiger charge is 2.07. The number of aliphatic carboxylic acids is 2. The van der Waals surface area contributed by atoms with Gasteiger partial charge in [0.1, 0.15) is 0 Å². The van der Waals surface area contributed by atoms with Crippen LogP contribution >= 0.6 is 0 Å². The van der Waals surface area contributed by atoms with Crippen molar-refractivity contribution in [3.8, 4) is 0 Å². The van der Waals surface area contributed by atoms with Crippen molar-refractivity contribution in [1.29, 1.82) is 0 Å². The van der Waals surface area contributed by atoms with Crippen LogP contribution in [0.15, 0.2) is 0 Å². The summed E-state index contributed by atoms with van der Waals surface area (Å²) >= 11 is 0. The van der Waals surface area contributed by atoms with Crippen LogP contribution in [0.2, 0.25) is 0 Å². The molecule has 0 bridgehead atoms. The molecule has 0 atom stereocenters. The fraction of sp³-hybridized carbons (Fsp3) is 0.960. The van der Waals surface area contributed by atoms with Crippen LogP contribution in [0.5, 0.6) is 0 Å². The third kappa shape index (κ3) is 55.0. The number of hydrogen-bond acceptors (Lipinski definition) is 4. The van der Waals surface area contributed by atoms with Crippen molar-refractivity contribution in [2.24, 2.45) is 0 Å². The van der Waals surface area contributed by atoms with Gasteiger partial charge in [-0.15, -0.1) is 0 Å². The van der Waals surface area contributed by atoms with Gasteiger partial charge >= 0.3 is 11.9 Å². The van der Waals surface area contributed by atoms with Crippen molar-refractivity contribution in [2.45, 2.75) is 273 Å². The van der Waals surface area contributed by atoms with E-state index in [2.05, 4.69) is 51.3 Å². The van der Waals surface area contributed by atoms with E-state index in [-0.39, 0.29) is 0 Å². The van der Waals surface area contributed by atoms with Gasteiger partial charge in [-0.1, -0.05) is 234 Å². The summed E-state index contributed by atoms with van der Waals surface area (Å²) in [6, 6.07) is 0. The summed E-state index contributed by atoms with van der Waals surface area (Å²) in [7, 11) is 0. The minimum Gasteiger partial charge on any atom is -0.473 e. The van der Waals surface area contributed by atoms with Gasteiger partial charge in [0.15, 0.2) is 0 Å². The van der Waals surface area contributed by atoms with E-state index < -0.39 is 11.9 Å². The van der Waals surface area contributed by atoms with Crippen LogP contribution in [0.25, 0.3) is 0 Å². The molecular formula is C50H104N2O4. The third-order valence-electron chi connectivity index (χ3n) is 11.2. The number of carboxylic acids is 2. The second kappa shape index (κ2) is 53.9. The minimum atomic E-state index is -1.82. The van der Waals surface area contributed by atoms with Crippen LogP contribution in [0.4, 0.5) is 0 Å². The molecule has 0 saturated carbocycles. The van der Waals surface area contributed by atoms with E-state index in [1.807, 2.05) is 0 Å². The van der Waals surface area contributed by atoms with Gasteiger partial charge in [-0.3, -0.25) is 0 Å². The predicted octanol–water partition coefficient (Wildman–Crippen LogP) is 15.9. The minimum absolute atomic E-state index is 1.36. The Hall–Kier alpha value is -1.14. The second-order valence-corrected chi connectivity index (χ2v) is 16.9. The van der Waals surface area contributed by atoms with Crippen LogP contribution in [0.1, 0.15) is 273 Å². The van der Waals surface area contributed by atoms with Gasteiger partial charge in [-0.05, 0) is 77.8 Å². The van der Waals surface area contributed by atoms with Crippen molar-refractivity contribution in [1.82, 2.24) is 9.80 Å². The molecule has 0 aliphatic rings. The van der Waals surface area contributed by atoms with E-state index in [0.717, 1.165) is 0 Å². The smallest absolute Gasteiger partial charge is 0.414 e. The highest BCUT2D eigenvalue weighted by Crippen LogP contribution is 2.13. The van der Waals surface area contributed by atoms with Crippen LogP contribution in [0.3, 0.4) is 0 Å². The van der Waals surface area contributed by atoms with Crippen LogP contribution < -0.4 is 0 Å². The topological polar surface area (TPSA) is 81.1 Å². The molecule has 0 aromatic rings. The van der Waals surface area contributed by atoms with E-state index in [0.29, 0.717) is 0 Å². The van der Waals surface area contributed by atoms with Crippen molar-refractivity contribution in [2.75, 3.05) is 39.3 Å². The fourth-order valence-electron chi connectivity index (χ4n) is 7.37. The first kappa shape index (κ1) is 59.2. The van der Waals surface area contributed by atoms with E-state index in [9.17, 15) is 0 Å². The lowest BCUT2D eigenvalue weighted by Crippen LogP contribution is -2.27. The molecule has 0 aliphatic carbocycles. The van der Waals surface area contributed by atoms with Gasteiger partial charge in [-0.25, -0.2) is 9.59 Å². The number of hydrogen-bond donors (Lipinski definition) is 2. The number of carbonyl (C=O) groups is 2. The molecule has 56 heavy (non-hydrogen) atoms. The Balaban J connectivity index is -0.000000874. The first-order chi connectivity index (χ1) is 27.3. The molecule has 6 heteroatoms. The zero-order valence-electron chi connectivity index (χ0n) is 39.3. The molecule has 0 saturated heterocycles. The van der Waals surface area contributed by atoms with Crippen molar-refractivity contribution >= 4 is 11.9 Å². The molecule has 0 aromatic heterocycles. The summed E-state index contributed by atoms with van der Waals surface area (Å²) in [5, 5.41) is 14.8. The maximum atomic E-state index is 9.10. The van der Waals surface area contributed by atoms with E-state index in [1.54, 1.807) is 0 Å². The van der Waals surface area contributed by atoms with Crippen LogP contribution in [-0.2, 0) is 9.59 Å². The Morgan fingerprint density at radius 3 is 0.500 bits per heavy atom. The predicted molar refractivity (Wildman–Crippen MR) is 248 cm³/mol. The fourth-order valence-corrected chi connectivity index (χ4v) is 7.37. The molecule has 0 amide bonds. The third-order valence-corrected chi connectivity index (χ3v) is 11.2. The first-order valence-corrected chi connectivity index (χ1v) is 25.2. The second-order valence-electron chi connectivity index (χ2n) is 16.9. The summed E-state index contributed by atoms with van der Waals surface area (Å²) in [6.07, 6.45) is 51.4. The number of unbranched alkanes of at least 4 members (excludes halogenated alkanes) is 30. The van der Waals surface area contributed by atoms with Gasteiger partial charge < -0.3 is 20.0 Å². The lowest BCUT2D eigenvalue weighted by atomic mass is 10.1.